The first-order chi connectivity index (χ1) is 9.91. The Morgan fingerprint density at radius 2 is 1.62 bits per heavy atom. The predicted octanol–water partition coefficient (Wildman–Crippen LogP) is 3.00. The summed E-state index contributed by atoms with van der Waals surface area (Å²) in [6.45, 7) is 6.38. The summed E-state index contributed by atoms with van der Waals surface area (Å²) in [6, 6.07) is 7.49. The second-order valence-electron chi connectivity index (χ2n) is 6.81. The number of para-hydroxylation sites is 1. The minimum Gasteiger partial charge on any atom is -0.339 e. The summed E-state index contributed by atoms with van der Waals surface area (Å²) in [6.07, 6.45) is 3.67. The van der Waals surface area contributed by atoms with Gasteiger partial charge in [-0.15, -0.1) is 0 Å². The molecule has 1 aliphatic carbocycles. The van der Waals surface area contributed by atoms with Crippen molar-refractivity contribution in [3.63, 3.8) is 0 Å². The van der Waals surface area contributed by atoms with Crippen molar-refractivity contribution in [2.75, 3.05) is 0 Å². The Balaban J connectivity index is 2.66. The molecule has 0 bridgehead atoms. The summed E-state index contributed by atoms with van der Waals surface area (Å²) in [4.78, 5) is 25.1. The zero-order chi connectivity index (χ0) is 15.2. The van der Waals surface area contributed by atoms with Crippen LogP contribution in [-0.4, -0.2) is 4.57 Å². The fourth-order valence-corrected chi connectivity index (χ4v) is 3.41. The predicted molar refractivity (Wildman–Crippen MR) is 86.1 cm³/mol. The topological polar surface area (TPSA) is 39.1 Å². The van der Waals surface area contributed by atoms with E-state index in [1.807, 2.05) is 18.2 Å². The van der Waals surface area contributed by atoms with Crippen LogP contribution in [0.5, 0.6) is 0 Å². The summed E-state index contributed by atoms with van der Waals surface area (Å²) in [5.74, 6) is 0. The summed E-state index contributed by atoms with van der Waals surface area (Å²) in [5, 5.41) is 0.534. The van der Waals surface area contributed by atoms with Crippen molar-refractivity contribution < 1.29 is 0 Å². The van der Waals surface area contributed by atoms with Gasteiger partial charge >= 0.3 is 0 Å². The first-order valence-corrected chi connectivity index (χ1v) is 7.61. The van der Waals surface area contributed by atoms with Crippen molar-refractivity contribution in [2.24, 2.45) is 0 Å². The first kappa shape index (κ1) is 14.1. The quantitative estimate of drug-likeness (QED) is 0.697. The van der Waals surface area contributed by atoms with E-state index >= 15 is 0 Å². The van der Waals surface area contributed by atoms with Gasteiger partial charge in [-0.1, -0.05) is 12.1 Å². The lowest BCUT2D eigenvalue weighted by Gasteiger charge is -2.30. The van der Waals surface area contributed by atoms with Gasteiger partial charge in [-0.2, -0.15) is 0 Å². The zero-order valence-electron chi connectivity index (χ0n) is 12.9. The highest BCUT2D eigenvalue weighted by Crippen LogP contribution is 2.27. The number of aromatic nitrogens is 1. The molecule has 1 aliphatic rings. The molecule has 0 atom stereocenters. The molecule has 0 N–H and O–H groups in total. The molecule has 1 heterocycles. The van der Waals surface area contributed by atoms with E-state index in [4.69, 9.17) is 0 Å². The van der Waals surface area contributed by atoms with Crippen molar-refractivity contribution in [1.29, 1.82) is 0 Å². The van der Waals surface area contributed by atoms with Gasteiger partial charge in [0.15, 0.2) is 0 Å². The molecule has 0 spiro atoms. The average molecular weight is 283 g/mol. The van der Waals surface area contributed by atoms with Gasteiger partial charge in [0.1, 0.15) is 0 Å². The smallest absolute Gasteiger partial charge is 0.235 e. The van der Waals surface area contributed by atoms with Crippen LogP contribution in [0.3, 0.4) is 0 Å². The number of hydrogen-bond acceptors (Lipinski definition) is 2. The molecule has 21 heavy (non-hydrogen) atoms. The summed E-state index contributed by atoms with van der Waals surface area (Å²) in [5.41, 5.74) is 1.83. The average Bonchev–Trinajstić information content (AvgIpc) is 2.54. The van der Waals surface area contributed by atoms with Crippen molar-refractivity contribution >= 4 is 10.9 Å². The Morgan fingerprint density at radius 3 is 2.33 bits per heavy atom. The van der Waals surface area contributed by atoms with E-state index in [0.717, 1.165) is 42.5 Å². The Labute approximate surface area is 124 Å². The van der Waals surface area contributed by atoms with Crippen LogP contribution in [0, 0.1) is 0 Å². The lowest BCUT2D eigenvalue weighted by Crippen LogP contribution is -2.30. The highest BCUT2D eigenvalue weighted by Gasteiger charge is 2.24. The number of nitrogens with zero attached hydrogens (tertiary/aromatic N) is 1. The molecule has 1 aromatic carbocycles. The number of fused-ring (bicyclic) bond motifs is 2. The van der Waals surface area contributed by atoms with E-state index in [0.29, 0.717) is 5.39 Å². The molecule has 2 aromatic rings. The van der Waals surface area contributed by atoms with Crippen molar-refractivity contribution in [3.8, 4) is 0 Å². The van der Waals surface area contributed by atoms with Gasteiger partial charge in [0, 0.05) is 22.2 Å². The van der Waals surface area contributed by atoms with Crippen LogP contribution in [0.4, 0.5) is 0 Å². The second kappa shape index (κ2) is 4.83. The van der Waals surface area contributed by atoms with Crippen molar-refractivity contribution in [1.82, 2.24) is 4.57 Å². The first-order valence-electron chi connectivity index (χ1n) is 7.61. The monoisotopic (exact) mass is 283 g/mol. The minimum absolute atomic E-state index is 0.168. The number of rotatable bonds is 0. The minimum atomic E-state index is -0.355. The molecule has 0 radical (unpaired) electrons. The Bertz CT molecular complexity index is 825. The Hall–Kier alpha value is -1.90. The van der Waals surface area contributed by atoms with Crippen LogP contribution in [0.2, 0.25) is 0 Å². The van der Waals surface area contributed by atoms with Gasteiger partial charge in [0.2, 0.25) is 10.9 Å². The SMILES string of the molecule is CC(C)(C)n1c2c(c(=O)c(=O)c3ccccc31)CCCC2. The van der Waals surface area contributed by atoms with E-state index in [1.54, 1.807) is 6.07 Å². The maximum absolute atomic E-state index is 12.6. The lowest BCUT2D eigenvalue weighted by atomic mass is 9.94. The normalized spacial score (nSPS) is 15.0. The molecule has 3 heteroatoms. The third-order valence-electron chi connectivity index (χ3n) is 4.25. The molecule has 0 unspecified atom stereocenters. The molecule has 0 saturated carbocycles. The standard InChI is InChI=1S/C18H21NO2/c1-18(2,3)19-14-10-6-4-8-12(14)16(20)17(21)13-9-5-7-11-15(13)19/h4,6,8,10H,5,7,9,11H2,1-3H3. The van der Waals surface area contributed by atoms with Crippen LogP contribution in [0.25, 0.3) is 10.9 Å². The van der Waals surface area contributed by atoms with E-state index in [-0.39, 0.29) is 16.4 Å². The number of hydrogen-bond donors (Lipinski definition) is 0. The van der Waals surface area contributed by atoms with E-state index < -0.39 is 0 Å². The third kappa shape index (κ3) is 2.21. The van der Waals surface area contributed by atoms with E-state index in [1.165, 1.54) is 0 Å². The molecule has 3 nitrogen and oxygen atoms in total. The molecule has 0 aliphatic heterocycles. The highest BCUT2D eigenvalue weighted by atomic mass is 16.2. The van der Waals surface area contributed by atoms with E-state index in [2.05, 4.69) is 25.3 Å². The fourth-order valence-electron chi connectivity index (χ4n) is 3.41. The molecule has 110 valence electrons. The third-order valence-corrected chi connectivity index (χ3v) is 4.25. The maximum Gasteiger partial charge on any atom is 0.235 e. The Kier molecular flexibility index (Phi) is 3.23. The maximum atomic E-state index is 12.6. The van der Waals surface area contributed by atoms with Crippen LogP contribution < -0.4 is 10.9 Å². The Morgan fingerprint density at radius 1 is 0.952 bits per heavy atom. The highest BCUT2D eigenvalue weighted by molar-refractivity contribution is 5.79. The molecule has 1 aromatic heterocycles. The summed E-state index contributed by atoms with van der Waals surface area (Å²) in [7, 11) is 0. The molecule has 3 rings (SSSR count). The van der Waals surface area contributed by atoms with Gasteiger partial charge in [0.05, 0.1) is 5.52 Å². The van der Waals surface area contributed by atoms with Crippen molar-refractivity contribution in [3.05, 3.63) is 56.0 Å². The van der Waals surface area contributed by atoms with Crippen LogP contribution in [0.1, 0.15) is 44.9 Å². The zero-order valence-corrected chi connectivity index (χ0v) is 12.9. The van der Waals surface area contributed by atoms with Gasteiger partial charge in [0.25, 0.3) is 0 Å². The van der Waals surface area contributed by atoms with Crippen LogP contribution in [-0.2, 0) is 18.4 Å². The largest absolute Gasteiger partial charge is 0.339 e. The lowest BCUT2D eigenvalue weighted by molar-refractivity contribution is 0.388. The molecular weight excluding hydrogens is 262 g/mol. The molecular formula is C18H21NO2. The number of benzene rings is 1. The molecule has 0 amide bonds. The second-order valence-corrected chi connectivity index (χ2v) is 6.81. The molecule has 0 saturated heterocycles. The van der Waals surface area contributed by atoms with Gasteiger partial charge < -0.3 is 4.57 Å². The summed E-state index contributed by atoms with van der Waals surface area (Å²) >= 11 is 0. The van der Waals surface area contributed by atoms with Crippen LogP contribution in [0.15, 0.2) is 33.9 Å². The van der Waals surface area contributed by atoms with Gasteiger partial charge in [-0.25, -0.2) is 0 Å². The summed E-state index contributed by atoms with van der Waals surface area (Å²) < 4.78 is 2.21. The molecule has 0 fully saturated rings. The van der Waals surface area contributed by atoms with Gasteiger partial charge in [-0.3, -0.25) is 9.59 Å². The van der Waals surface area contributed by atoms with Crippen molar-refractivity contribution in [2.45, 2.75) is 52.0 Å². The van der Waals surface area contributed by atoms with Gasteiger partial charge in [-0.05, 0) is 58.6 Å². The van der Waals surface area contributed by atoms with E-state index in [9.17, 15) is 9.59 Å². The van der Waals surface area contributed by atoms with Crippen LogP contribution >= 0.6 is 0 Å². The fraction of sp³-hybridized carbons (Fsp3) is 0.444.